The minimum Gasteiger partial charge on any atom is -0.405 e. The summed E-state index contributed by atoms with van der Waals surface area (Å²) in [7, 11) is 0. The minimum atomic E-state index is 0.258. The van der Waals surface area contributed by atoms with Gasteiger partial charge in [0.05, 0.1) is 5.52 Å². The Morgan fingerprint density at radius 1 is 1.30 bits per heavy atom. The molecule has 0 fully saturated rings. The van der Waals surface area contributed by atoms with E-state index in [0.29, 0.717) is 12.2 Å². The monoisotopic (exact) mass is 362 g/mol. The van der Waals surface area contributed by atoms with Gasteiger partial charge in [-0.2, -0.15) is 0 Å². The van der Waals surface area contributed by atoms with E-state index in [1.165, 1.54) is 6.20 Å². The van der Waals surface area contributed by atoms with Crippen LogP contribution in [-0.4, -0.2) is 10.3 Å². The van der Waals surface area contributed by atoms with Gasteiger partial charge in [-0.3, -0.25) is 0 Å². The molecule has 0 bridgehead atoms. The molecule has 0 amide bonds. The molecule has 0 saturated heterocycles. The van der Waals surface area contributed by atoms with Crippen molar-refractivity contribution in [2.45, 2.75) is 13.3 Å². The number of nitrogens with zero attached hydrogens (tertiary/aromatic N) is 2. The van der Waals surface area contributed by atoms with Crippen molar-refractivity contribution >= 4 is 28.0 Å². The van der Waals surface area contributed by atoms with Gasteiger partial charge in [0.1, 0.15) is 11.6 Å². The minimum absolute atomic E-state index is 0.258. The number of rotatable bonds is 8. The quantitative estimate of drug-likeness (QED) is 0.425. The Morgan fingerprint density at radius 3 is 2.70 bits per heavy atom. The van der Waals surface area contributed by atoms with E-state index in [1.807, 2.05) is 54.1 Å². The summed E-state index contributed by atoms with van der Waals surface area (Å²) in [4.78, 5) is 4.15. The van der Waals surface area contributed by atoms with Gasteiger partial charge in [-0.25, -0.2) is 4.99 Å². The fraction of sp³-hybridized carbons (Fsp3) is 0.0952. The molecule has 140 valence electrons. The Labute approximate surface area is 159 Å². The molecule has 2 aromatic rings. The number of allylic oxidation sites excluding steroid dienone is 5. The van der Waals surface area contributed by atoms with Crippen molar-refractivity contribution in [1.82, 2.24) is 4.57 Å². The molecule has 27 heavy (non-hydrogen) atoms. The second-order valence-electron chi connectivity index (χ2n) is 5.82. The van der Waals surface area contributed by atoms with Crippen LogP contribution in [0.1, 0.15) is 13.3 Å². The number of hydrogen-bond donors (Lipinski definition) is 4. The van der Waals surface area contributed by atoms with Gasteiger partial charge in [0, 0.05) is 28.7 Å². The van der Waals surface area contributed by atoms with Crippen LogP contribution in [-0.2, 0) is 0 Å². The number of fused-ring (bicyclic) bond motifs is 1. The van der Waals surface area contributed by atoms with E-state index in [0.717, 1.165) is 28.0 Å². The number of benzene rings is 1. The lowest BCUT2D eigenvalue weighted by Gasteiger charge is -2.09. The molecule has 1 aromatic carbocycles. The van der Waals surface area contributed by atoms with Crippen LogP contribution in [0.4, 0.5) is 5.69 Å². The maximum absolute atomic E-state index is 6.08. The fourth-order valence-corrected chi connectivity index (χ4v) is 2.66. The Bertz CT molecular complexity index is 956. The van der Waals surface area contributed by atoms with Crippen molar-refractivity contribution in [2.75, 3.05) is 5.32 Å². The molecule has 6 heteroatoms. The first-order valence-electron chi connectivity index (χ1n) is 8.57. The third-order valence-electron chi connectivity index (χ3n) is 3.78. The smallest absolute Gasteiger partial charge is 0.116 e. The van der Waals surface area contributed by atoms with Gasteiger partial charge in [-0.1, -0.05) is 26.2 Å². The van der Waals surface area contributed by atoms with Crippen LogP contribution < -0.4 is 22.5 Å². The van der Waals surface area contributed by atoms with E-state index in [2.05, 4.69) is 23.5 Å². The van der Waals surface area contributed by atoms with Gasteiger partial charge in [0.2, 0.25) is 0 Å². The zero-order valence-electron chi connectivity index (χ0n) is 15.5. The van der Waals surface area contributed by atoms with Crippen molar-refractivity contribution in [1.29, 1.82) is 0 Å². The Balaban J connectivity index is 2.31. The molecular formula is C21H26N6. The van der Waals surface area contributed by atoms with Crippen LogP contribution in [0.5, 0.6) is 0 Å². The molecule has 7 N–H and O–H groups in total. The molecule has 0 aliphatic heterocycles. The SMILES string of the molecule is C=C/C=C(\C=C/N)n1ccc2cc(N/C(N)=C/C(CC)=N\C(=C)N)ccc21. The average molecular weight is 362 g/mol. The molecule has 6 nitrogen and oxygen atoms in total. The van der Waals surface area contributed by atoms with E-state index in [1.54, 1.807) is 12.2 Å². The van der Waals surface area contributed by atoms with E-state index in [9.17, 15) is 0 Å². The number of nitrogens with two attached hydrogens (primary N) is 3. The standard InChI is InChI=1S/C21H26N6/c1-4-6-19(9-11-22)27-12-10-16-13-18(7-8-20(16)27)26-21(24)14-17(5-2)25-15(3)23/h4,6-14,26H,1,3,5,22-24H2,2H3/b11-9-,19-6+,21-14+,25-17-. The van der Waals surface area contributed by atoms with Gasteiger partial charge < -0.3 is 27.1 Å². The molecule has 0 saturated carbocycles. The summed E-state index contributed by atoms with van der Waals surface area (Å²) < 4.78 is 2.04. The van der Waals surface area contributed by atoms with Gasteiger partial charge in [0.25, 0.3) is 0 Å². The lowest BCUT2D eigenvalue weighted by Crippen LogP contribution is -2.12. The molecule has 0 atom stereocenters. The summed E-state index contributed by atoms with van der Waals surface area (Å²) in [5.74, 6) is 0.738. The molecule has 2 rings (SSSR count). The third kappa shape index (κ3) is 5.15. The molecular weight excluding hydrogens is 336 g/mol. The third-order valence-corrected chi connectivity index (χ3v) is 3.78. The molecule has 0 spiro atoms. The van der Waals surface area contributed by atoms with Gasteiger partial charge in [0.15, 0.2) is 0 Å². The molecule has 0 radical (unpaired) electrons. The van der Waals surface area contributed by atoms with Gasteiger partial charge >= 0.3 is 0 Å². The van der Waals surface area contributed by atoms with Crippen LogP contribution >= 0.6 is 0 Å². The van der Waals surface area contributed by atoms with Crippen LogP contribution in [0.15, 0.2) is 90.8 Å². The predicted octanol–water partition coefficient (Wildman–Crippen LogP) is 3.63. The van der Waals surface area contributed by atoms with Crippen LogP contribution in [0.3, 0.4) is 0 Å². The normalized spacial score (nSPS) is 13.3. The maximum atomic E-state index is 6.08. The van der Waals surface area contributed by atoms with E-state index in [-0.39, 0.29) is 5.82 Å². The topological polar surface area (TPSA) is 107 Å². The molecule has 0 unspecified atom stereocenters. The van der Waals surface area contributed by atoms with Crippen molar-refractivity contribution in [2.24, 2.45) is 22.2 Å². The number of nitrogens with one attached hydrogen (secondary N) is 1. The molecule has 0 aliphatic carbocycles. The van der Waals surface area contributed by atoms with Crippen molar-refractivity contribution in [3.05, 3.63) is 85.8 Å². The zero-order chi connectivity index (χ0) is 19.8. The van der Waals surface area contributed by atoms with Crippen LogP contribution in [0.2, 0.25) is 0 Å². The number of aliphatic imine (C=N–C) groups is 1. The van der Waals surface area contributed by atoms with E-state index < -0.39 is 0 Å². The zero-order valence-corrected chi connectivity index (χ0v) is 15.5. The summed E-state index contributed by atoms with van der Waals surface area (Å²) in [5.41, 5.74) is 20.8. The van der Waals surface area contributed by atoms with E-state index >= 15 is 0 Å². The summed E-state index contributed by atoms with van der Waals surface area (Å²) in [5, 5.41) is 4.24. The predicted molar refractivity (Wildman–Crippen MR) is 117 cm³/mol. The van der Waals surface area contributed by atoms with Gasteiger partial charge in [-0.15, -0.1) is 0 Å². The van der Waals surface area contributed by atoms with Crippen LogP contribution in [0, 0.1) is 0 Å². The van der Waals surface area contributed by atoms with Crippen molar-refractivity contribution in [3.8, 4) is 0 Å². The largest absolute Gasteiger partial charge is 0.405 e. The fourth-order valence-electron chi connectivity index (χ4n) is 2.66. The number of anilines is 1. The lowest BCUT2D eigenvalue weighted by atomic mass is 10.2. The highest BCUT2D eigenvalue weighted by Gasteiger charge is 2.05. The highest BCUT2D eigenvalue weighted by atomic mass is 15.0. The molecule has 1 aromatic heterocycles. The highest BCUT2D eigenvalue weighted by Crippen LogP contribution is 2.24. The van der Waals surface area contributed by atoms with Crippen molar-refractivity contribution < 1.29 is 0 Å². The Hall–Kier alpha value is -3.67. The number of hydrogen-bond acceptors (Lipinski definition) is 5. The van der Waals surface area contributed by atoms with Crippen LogP contribution in [0.25, 0.3) is 16.6 Å². The molecule has 0 aliphatic rings. The van der Waals surface area contributed by atoms with Gasteiger partial charge in [-0.05, 0) is 55.1 Å². The first-order valence-corrected chi connectivity index (χ1v) is 8.57. The lowest BCUT2D eigenvalue weighted by molar-refractivity contribution is 1.18. The Kier molecular flexibility index (Phi) is 6.66. The average Bonchev–Trinajstić information content (AvgIpc) is 3.03. The van der Waals surface area contributed by atoms with E-state index in [4.69, 9.17) is 17.2 Å². The number of aromatic nitrogens is 1. The highest BCUT2D eigenvalue weighted by molar-refractivity contribution is 5.96. The first-order chi connectivity index (χ1) is 13.0. The second-order valence-corrected chi connectivity index (χ2v) is 5.82. The Morgan fingerprint density at radius 2 is 2.07 bits per heavy atom. The maximum Gasteiger partial charge on any atom is 0.116 e. The second kappa shape index (κ2) is 9.15. The first kappa shape index (κ1) is 19.7. The summed E-state index contributed by atoms with van der Waals surface area (Å²) >= 11 is 0. The molecule has 1 heterocycles. The van der Waals surface area contributed by atoms with Crippen molar-refractivity contribution in [3.63, 3.8) is 0 Å². The summed E-state index contributed by atoms with van der Waals surface area (Å²) in [6.07, 6.45) is 11.4. The summed E-state index contributed by atoms with van der Waals surface area (Å²) in [6, 6.07) is 8.03. The summed E-state index contributed by atoms with van der Waals surface area (Å²) in [6.45, 7) is 9.31.